The Bertz CT molecular complexity index is 338. The van der Waals surface area contributed by atoms with Gasteiger partial charge in [0.25, 0.3) is 0 Å². The van der Waals surface area contributed by atoms with Gasteiger partial charge < -0.3 is 21.3 Å². The summed E-state index contributed by atoms with van der Waals surface area (Å²) in [5.41, 5.74) is 4.05. The van der Waals surface area contributed by atoms with Crippen molar-refractivity contribution >= 4 is 11.4 Å². The molecule has 0 atom stereocenters. The van der Waals surface area contributed by atoms with Crippen LogP contribution in [0.15, 0.2) is 33.5 Å². The van der Waals surface area contributed by atoms with E-state index in [0.29, 0.717) is 0 Å². The molecule has 0 N–H and O–H groups in total. The van der Waals surface area contributed by atoms with Crippen LogP contribution in [0.1, 0.15) is 27.7 Å². The standard InChI is InChI=1S/2C7H13N2.2C2H6N.Zr/c2*1-6(8-3)5-7(2)9-4;2*1-3-2;/h2*5H,1-4H3;2*1-2H3;/q4*-1;+4/b2*6-5-,9-7?;;;. The maximum Gasteiger partial charge on any atom is 4.00 e. The first-order chi connectivity index (χ1) is 11.2. The Morgan fingerprint density at radius 3 is 0.920 bits per heavy atom. The molecule has 0 fully saturated rings. The summed E-state index contributed by atoms with van der Waals surface area (Å²) in [6.45, 7) is 7.81. The summed E-state index contributed by atoms with van der Waals surface area (Å²) < 4.78 is 0. The summed E-state index contributed by atoms with van der Waals surface area (Å²) >= 11 is 0. The minimum Gasteiger partial charge on any atom is -0.691 e. The van der Waals surface area contributed by atoms with Crippen molar-refractivity contribution in [2.24, 2.45) is 9.98 Å². The zero-order valence-electron chi connectivity index (χ0n) is 18.3. The molecule has 25 heavy (non-hydrogen) atoms. The van der Waals surface area contributed by atoms with E-state index < -0.39 is 0 Å². The molecule has 0 saturated heterocycles. The average molecular weight is 430 g/mol. The third-order valence-electron chi connectivity index (χ3n) is 2.25. The Kier molecular flexibility index (Phi) is 43.9. The fourth-order valence-corrected chi connectivity index (χ4v) is 0.863. The SMILES string of the molecule is CN=C(C)/C=C(/C)[N-]C.CN=C(C)/C=C(/C)[N-]C.C[N-]C.C[N-]C.[Zr+4]. The molecule has 0 rings (SSSR count). The quantitative estimate of drug-likeness (QED) is 0.550. The van der Waals surface area contributed by atoms with Gasteiger partial charge in [-0.15, -0.1) is 14.1 Å². The zero-order chi connectivity index (χ0) is 20.0. The van der Waals surface area contributed by atoms with E-state index in [2.05, 4.69) is 31.3 Å². The summed E-state index contributed by atoms with van der Waals surface area (Å²) in [6.07, 6.45) is 3.89. The van der Waals surface area contributed by atoms with E-state index in [1.165, 1.54) is 0 Å². The van der Waals surface area contributed by atoms with Crippen LogP contribution in [0.25, 0.3) is 21.3 Å². The number of hydrogen-bond donors (Lipinski definition) is 0. The maximum atomic E-state index is 3.96. The molecule has 0 heterocycles. The molecule has 0 aromatic rings. The molecule has 0 bridgehead atoms. The number of nitrogens with zero attached hydrogens (tertiary/aromatic N) is 6. The summed E-state index contributed by atoms with van der Waals surface area (Å²) in [5, 5.41) is 14.9. The van der Waals surface area contributed by atoms with Crippen molar-refractivity contribution in [2.75, 3.05) is 56.4 Å². The molecule has 0 aliphatic carbocycles. The third kappa shape index (κ3) is 45.1. The number of rotatable bonds is 4. The van der Waals surface area contributed by atoms with Crippen molar-refractivity contribution in [3.8, 4) is 0 Å². The van der Waals surface area contributed by atoms with Crippen LogP contribution < -0.4 is 0 Å². The first-order valence-electron chi connectivity index (χ1n) is 7.63. The predicted octanol–water partition coefficient (Wildman–Crippen LogP) is 5.21. The van der Waals surface area contributed by atoms with E-state index in [1.54, 1.807) is 56.4 Å². The van der Waals surface area contributed by atoms with Gasteiger partial charge in [0.15, 0.2) is 0 Å². The van der Waals surface area contributed by atoms with Gasteiger partial charge in [-0.3, -0.25) is 9.98 Å². The summed E-state index contributed by atoms with van der Waals surface area (Å²) in [7, 11) is 14.1. The minimum absolute atomic E-state index is 0. The first kappa shape index (κ1) is 35.4. The van der Waals surface area contributed by atoms with Gasteiger partial charge in [-0.1, -0.05) is 26.0 Å². The first-order valence-corrected chi connectivity index (χ1v) is 7.63. The van der Waals surface area contributed by atoms with Crippen LogP contribution >= 0.6 is 0 Å². The maximum absolute atomic E-state index is 3.96. The normalized spacial score (nSPS) is 11.4. The van der Waals surface area contributed by atoms with Crippen molar-refractivity contribution in [3.05, 3.63) is 44.8 Å². The van der Waals surface area contributed by atoms with E-state index in [9.17, 15) is 0 Å². The summed E-state index contributed by atoms with van der Waals surface area (Å²) in [6, 6.07) is 0. The van der Waals surface area contributed by atoms with Crippen LogP contribution in [-0.4, -0.2) is 67.8 Å². The predicted molar refractivity (Wildman–Crippen MR) is 115 cm³/mol. The molecule has 0 aliphatic heterocycles. The number of hydrogen-bond acceptors (Lipinski definition) is 2. The van der Waals surface area contributed by atoms with Crippen LogP contribution in [0.2, 0.25) is 0 Å². The van der Waals surface area contributed by atoms with E-state index >= 15 is 0 Å². The van der Waals surface area contributed by atoms with Gasteiger partial charge >= 0.3 is 26.2 Å². The fraction of sp³-hybridized carbons (Fsp3) is 0.667. The van der Waals surface area contributed by atoms with Gasteiger partial charge in [0.05, 0.1) is 0 Å². The molecular weight excluding hydrogens is 391 g/mol. The second-order valence-electron chi connectivity index (χ2n) is 4.64. The smallest absolute Gasteiger partial charge is 0.691 e. The van der Waals surface area contributed by atoms with E-state index in [-0.39, 0.29) is 26.2 Å². The molecule has 0 aromatic heterocycles. The molecule has 7 heteroatoms. The van der Waals surface area contributed by atoms with Crippen LogP contribution in [0.5, 0.6) is 0 Å². The molecule has 6 nitrogen and oxygen atoms in total. The molecule has 0 aromatic carbocycles. The van der Waals surface area contributed by atoms with Gasteiger partial charge in [-0.25, -0.2) is 0 Å². The summed E-state index contributed by atoms with van der Waals surface area (Å²) in [4.78, 5) is 7.91. The largest absolute Gasteiger partial charge is 4.00 e. The van der Waals surface area contributed by atoms with Crippen molar-refractivity contribution in [2.45, 2.75) is 27.7 Å². The minimum atomic E-state index is 0. The molecular formula is C18H38N6Zr. The van der Waals surface area contributed by atoms with Crippen LogP contribution in [-0.2, 0) is 26.2 Å². The topological polar surface area (TPSA) is 81.1 Å². The van der Waals surface area contributed by atoms with Gasteiger partial charge in [-0.05, 0) is 13.8 Å². The molecule has 0 radical (unpaired) electrons. The monoisotopic (exact) mass is 428 g/mol. The fourth-order valence-electron chi connectivity index (χ4n) is 0.863. The van der Waals surface area contributed by atoms with Crippen LogP contribution in [0, 0.1) is 0 Å². The third-order valence-corrected chi connectivity index (χ3v) is 2.25. The number of aliphatic imine (C=N–C) groups is 2. The molecule has 0 unspecified atom stereocenters. The molecule has 0 amide bonds. The van der Waals surface area contributed by atoms with Crippen molar-refractivity contribution < 1.29 is 26.2 Å². The number of allylic oxidation sites excluding steroid dienone is 4. The second kappa shape index (κ2) is 31.0. The van der Waals surface area contributed by atoms with E-state index in [1.807, 2.05) is 39.8 Å². The second-order valence-corrected chi connectivity index (χ2v) is 4.64. The van der Waals surface area contributed by atoms with Crippen molar-refractivity contribution in [3.63, 3.8) is 0 Å². The zero-order valence-corrected chi connectivity index (χ0v) is 20.8. The van der Waals surface area contributed by atoms with Gasteiger partial charge in [-0.2, -0.15) is 39.6 Å². The Morgan fingerprint density at radius 1 is 0.600 bits per heavy atom. The van der Waals surface area contributed by atoms with Crippen LogP contribution in [0.4, 0.5) is 0 Å². The molecule has 0 spiro atoms. The van der Waals surface area contributed by atoms with Gasteiger partial charge in [0, 0.05) is 25.5 Å². The van der Waals surface area contributed by atoms with E-state index in [4.69, 9.17) is 0 Å². The molecule has 0 aliphatic rings. The Balaban J connectivity index is -0.0000000788. The Labute approximate surface area is 176 Å². The molecule has 0 saturated carbocycles. The van der Waals surface area contributed by atoms with Crippen LogP contribution in [0.3, 0.4) is 0 Å². The molecule has 144 valence electrons. The summed E-state index contributed by atoms with van der Waals surface area (Å²) in [5.74, 6) is 0. The Morgan fingerprint density at radius 2 is 0.800 bits per heavy atom. The van der Waals surface area contributed by atoms with E-state index in [0.717, 1.165) is 22.8 Å². The van der Waals surface area contributed by atoms with Crippen molar-refractivity contribution in [1.29, 1.82) is 0 Å². The van der Waals surface area contributed by atoms with Gasteiger partial charge in [0.1, 0.15) is 0 Å². The van der Waals surface area contributed by atoms with Crippen molar-refractivity contribution in [1.82, 2.24) is 0 Å². The van der Waals surface area contributed by atoms with Gasteiger partial charge in [0.2, 0.25) is 0 Å². The Hall–Kier alpha value is -0.777. The average Bonchev–Trinajstić information content (AvgIpc) is 2.56.